The van der Waals surface area contributed by atoms with E-state index in [4.69, 9.17) is 0 Å². The molecule has 2 unspecified atom stereocenters. The molecule has 0 spiro atoms. The van der Waals surface area contributed by atoms with Crippen LogP contribution in [0.5, 0.6) is 0 Å². The van der Waals surface area contributed by atoms with Crippen molar-refractivity contribution in [1.29, 1.82) is 0 Å². The number of hydrogen-bond donors (Lipinski definition) is 1. The largest absolute Gasteiger partial charge is 0.393 e. The van der Waals surface area contributed by atoms with E-state index >= 15 is 0 Å². The van der Waals surface area contributed by atoms with Gasteiger partial charge in [-0.1, -0.05) is 12.8 Å². The number of imidazole rings is 1. The molecule has 0 amide bonds. The molecule has 0 aromatic carbocycles. The molecule has 2 atom stereocenters. The van der Waals surface area contributed by atoms with Gasteiger partial charge < -0.3 is 9.67 Å². The Balaban J connectivity index is 2.03. The Morgan fingerprint density at radius 1 is 1.44 bits per heavy atom. The van der Waals surface area contributed by atoms with E-state index < -0.39 is 0 Å². The van der Waals surface area contributed by atoms with E-state index in [1.54, 1.807) is 0 Å². The topological polar surface area (TPSA) is 41.3 Å². The maximum atomic E-state index is 9.65. The van der Waals surface area contributed by atoms with Gasteiger partial charge in [0.1, 0.15) is 0 Å². The summed E-state index contributed by atoms with van der Waals surface area (Å²) in [5.74, 6) is 0. The maximum Gasteiger partial charge on any atom is 0.0945 e. The number of nitrogens with zero attached hydrogens (tertiary/aromatic N) is 3. The van der Waals surface area contributed by atoms with Crippen LogP contribution in [0.1, 0.15) is 44.7 Å². The van der Waals surface area contributed by atoms with E-state index in [0.29, 0.717) is 6.04 Å². The molecule has 1 saturated heterocycles. The highest BCUT2D eigenvalue weighted by Crippen LogP contribution is 2.22. The van der Waals surface area contributed by atoms with Gasteiger partial charge >= 0.3 is 0 Å². The van der Waals surface area contributed by atoms with Crippen molar-refractivity contribution in [3.8, 4) is 0 Å². The predicted molar refractivity (Wildman–Crippen MR) is 72.2 cm³/mol. The molecule has 18 heavy (non-hydrogen) atoms. The van der Waals surface area contributed by atoms with Crippen molar-refractivity contribution in [2.24, 2.45) is 7.05 Å². The normalized spacial score (nSPS) is 23.8. The first-order chi connectivity index (χ1) is 8.66. The summed E-state index contributed by atoms with van der Waals surface area (Å²) in [4.78, 5) is 6.71. The third kappa shape index (κ3) is 3.56. The summed E-state index contributed by atoms with van der Waals surface area (Å²) in [5.41, 5.74) is 1.26. The van der Waals surface area contributed by atoms with E-state index in [1.807, 2.05) is 26.5 Å². The molecule has 2 rings (SSSR count). The van der Waals surface area contributed by atoms with E-state index in [9.17, 15) is 5.11 Å². The first-order valence-corrected chi connectivity index (χ1v) is 7.04. The number of hydrogen-bond acceptors (Lipinski definition) is 3. The van der Waals surface area contributed by atoms with E-state index in [-0.39, 0.29) is 6.10 Å². The van der Waals surface area contributed by atoms with E-state index in [2.05, 4.69) is 14.5 Å². The zero-order valence-electron chi connectivity index (χ0n) is 11.5. The highest BCUT2D eigenvalue weighted by atomic mass is 16.3. The summed E-state index contributed by atoms with van der Waals surface area (Å²) in [7, 11) is 2.05. The Morgan fingerprint density at radius 3 is 2.94 bits per heavy atom. The molecule has 1 N–H and O–H groups in total. The van der Waals surface area contributed by atoms with Gasteiger partial charge in [0.05, 0.1) is 18.1 Å². The smallest absolute Gasteiger partial charge is 0.0945 e. The highest BCUT2D eigenvalue weighted by Gasteiger charge is 2.23. The van der Waals surface area contributed by atoms with Crippen molar-refractivity contribution in [3.05, 3.63) is 18.2 Å². The van der Waals surface area contributed by atoms with Crippen LogP contribution in [0.3, 0.4) is 0 Å². The van der Waals surface area contributed by atoms with Gasteiger partial charge in [0, 0.05) is 25.8 Å². The number of aromatic nitrogens is 2. The average molecular weight is 251 g/mol. The summed E-state index contributed by atoms with van der Waals surface area (Å²) in [6, 6.07) is 0.516. The van der Waals surface area contributed by atoms with Crippen LogP contribution in [0, 0.1) is 0 Å². The standard InChI is InChI=1S/C14H25N3O/c1-12(18)8-13-6-4-3-5-7-17(13)10-14-9-15-11-16(14)2/h9,11-13,18H,3-8,10H2,1-2H3. The van der Waals surface area contributed by atoms with Crippen LogP contribution in [0.15, 0.2) is 12.5 Å². The first-order valence-electron chi connectivity index (χ1n) is 7.04. The molecule has 1 aromatic heterocycles. The van der Waals surface area contributed by atoms with Gasteiger partial charge in [0.2, 0.25) is 0 Å². The maximum absolute atomic E-state index is 9.65. The van der Waals surface area contributed by atoms with Gasteiger partial charge in [-0.2, -0.15) is 0 Å². The lowest BCUT2D eigenvalue weighted by atomic mass is 10.0. The fraction of sp³-hybridized carbons (Fsp3) is 0.786. The van der Waals surface area contributed by atoms with Crippen molar-refractivity contribution in [1.82, 2.24) is 14.5 Å². The second-order valence-electron chi connectivity index (χ2n) is 5.55. The molecular weight excluding hydrogens is 226 g/mol. The Hall–Kier alpha value is -0.870. The number of aliphatic hydroxyl groups excluding tert-OH is 1. The average Bonchev–Trinajstić information content (AvgIpc) is 2.58. The van der Waals surface area contributed by atoms with Crippen molar-refractivity contribution in [2.75, 3.05) is 6.54 Å². The van der Waals surface area contributed by atoms with Crippen LogP contribution < -0.4 is 0 Å². The van der Waals surface area contributed by atoms with Gasteiger partial charge in [-0.05, 0) is 32.7 Å². The van der Waals surface area contributed by atoms with Crippen LogP contribution in [0.4, 0.5) is 0 Å². The van der Waals surface area contributed by atoms with Crippen LogP contribution in [-0.2, 0) is 13.6 Å². The van der Waals surface area contributed by atoms with Crippen molar-refractivity contribution < 1.29 is 5.11 Å². The Bertz CT molecular complexity index is 362. The van der Waals surface area contributed by atoms with Crippen molar-refractivity contribution in [2.45, 2.75) is 57.7 Å². The number of aliphatic hydroxyl groups is 1. The molecule has 2 heterocycles. The predicted octanol–water partition coefficient (Wildman–Crippen LogP) is 1.94. The summed E-state index contributed by atoms with van der Waals surface area (Å²) >= 11 is 0. The zero-order chi connectivity index (χ0) is 13.0. The first kappa shape index (κ1) is 13.6. The summed E-state index contributed by atoms with van der Waals surface area (Å²) in [6.45, 7) is 3.99. The number of aryl methyl sites for hydroxylation is 1. The van der Waals surface area contributed by atoms with E-state index in [1.165, 1.54) is 31.4 Å². The lowest BCUT2D eigenvalue weighted by Gasteiger charge is -2.30. The van der Waals surface area contributed by atoms with Crippen LogP contribution in [-0.4, -0.2) is 38.2 Å². The summed E-state index contributed by atoms with van der Waals surface area (Å²) < 4.78 is 2.09. The van der Waals surface area contributed by atoms with Crippen LogP contribution in [0.2, 0.25) is 0 Å². The lowest BCUT2D eigenvalue weighted by Crippen LogP contribution is -2.36. The molecule has 0 saturated carbocycles. The Labute approximate surface area is 110 Å². The Kier molecular flexibility index (Phi) is 4.78. The molecule has 0 aliphatic carbocycles. The van der Waals surface area contributed by atoms with Crippen LogP contribution >= 0.6 is 0 Å². The van der Waals surface area contributed by atoms with Crippen molar-refractivity contribution >= 4 is 0 Å². The fourth-order valence-corrected chi connectivity index (χ4v) is 2.85. The SMILES string of the molecule is CC(O)CC1CCCCCN1Cc1cncn1C. The van der Waals surface area contributed by atoms with Crippen LogP contribution in [0.25, 0.3) is 0 Å². The molecule has 102 valence electrons. The monoisotopic (exact) mass is 251 g/mol. The molecule has 0 radical (unpaired) electrons. The molecule has 1 aromatic rings. The van der Waals surface area contributed by atoms with Gasteiger partial charge in [0.15, 0.2) is 0 Å². The molecule has 4 heteroatoms. The molecular formula is C14H25N3O. The fourth-order valence-electron chi connectivity index (χ4n) is 2.85. The summed E-state index contributed by atoms with van der Waals surface area (Å²) in [5, 5.41) is 9.65. The minimum absolute atomic E-state index is 0.206. The number of likely N-dealkylation sites (tertiary alicyclic amines) is 1. The number of rotatable bonds is 4. The zero-order valence-corrected chi connectivity index (χ0v) is 11.5. The van der Waals surface area contributed by atoms with Crippen molar-refractivity contribution in [3.63, 3.8) is 0 Å². The molecule has 1 aliphatic rings. The third-order valence-electron chi connectivity index (χ3n) is 3.89. The third-order valence-corrected chi connectivity index (χ3v) is 3.89. The van der Waals surface area contributed by atoms with Gasteiger partial charge in [-0.3, -0.25) is 4.90 Å². The second kappa shape index (κ2) is 6.34. The molecule has 0 bridgehead atoms. The van der Waals surface area contributed by atoms with Gasteiger partial charge in [-0.15, -0.1) is 0 Å². The lowest BCUT2D eigenvalue weighted by molar-refractivity contribution is 0.107. The van der Waals surface area contributed by atoms with E-state index in [0.717, 1.165) is 19.5 Å². The quantitative estimate of drug-likeness (QED) is 0.889. The molecule has 1 aliphatic heterocycles. The Morgan fingerprint density at radius 2 is 2.28 bits per heavy atom. The van der Waals surface area contributed by atoms with Gasteiger partial charge in [0.25, 0.3) is 0 Å². The molecule has 1 fully saturated rings. The highest BCUT2D eigenvalue weighted by molar-refractivity contribution is 4.98. The minimum atomic E-state index is -0.206. The van der Waals surface area contributed by atoms with Gasteiger partial charge in [-0.25, -0.2) is 4.98 Å². The summed E-state index contributed by atoms with van der Waals surface area (Å²) in [6.07, 6.45) is 9.58. The molecule has 4 nitrogen and oxygen atoms in total. The second-order valence-corrected chi connectivity index (χ2v) is 5.55. The minimum Gasteiger partial charge on any atom is -0.393 e.